The van der Waals surface area contributed by atoms with Crippen LogP contribution < -0.4 is 4.74 Å². The fourth-order valence-corrected chi connectivity index (χ4v) is 2.10. The van der Waals surface area contributed by atoms with Gasteiger partial charge in [-0.1, -0.05) is 28.4 Å². The van der Waals surface area contributed by atoms with E-state index in [2.05, 4.69) is 15.9 Å². The van der Waals surface area contributed by atoms with Crippen molar-refractivity contribution in [2.75, 3.05) is 12.4 Å². The van der Waals surface area contributed by atoms with Gasteiger partial charge in [-0.25, -0.2) is 0 Å². The van der Waals surface area contributed by atoms with Gasteiger partial charge in [0, 0.05) is 17.3 Å². The summed E-state index contributed by atoms with van der Waals surface area (Å²) in [5, 5.41) is 0.971. The van der Waals surface area contributed by atoms with Gasteiger partial charge in [0.1, 0.15) is 12.0 Å². The summed E-state index contributed by atoms with van der Waals surface area (Å²) in [5.41, 5.74) is 1.07. The Balaban J connectivity index is 2.69. The van der Waals surface area contributed by atoms with E-state index in [1.807, 2.05) is 0 Å². The fraction of sp³-hybridized carbons (Fsp3) is 0.429. The molecule has 0 aliphatic heterocycles. The number of unbranched alkanes of at least 4 members (excludes halogenated alkanes) is 2. The maximum Gasteiger partial charge on any atom is 0.166 e. The highest BCUT2D eigenvalue weighted by Gasteiger charge is 2.12. The molecule has 0 aromatic heterocycles. The number of halogens is 1. The predicted octanol–water partition coefficient (Wildman–Crippen LogP) is 3.65. The standard InChI is InChI=1S/C14H17BrO3/c1-18-14-9-11(10-16)6-7-12(14)13(17)5-3-2-4-8-15/h6-7,9-10H,2-5,8H2,1H3. The lowest BCUT2D eigenvalue weighted by molar-refractivity contribution is 0.0975. The maximum atomic E-state index is 12.0. The van der Waals surface area contributed by atoms with Gasteiger partial charge in [-0.3, -0.25) is 9.59 Å². The maximum absolute atomic E-state index is 12.0. The zero-order chi connectivity index (χ0) is 13.4. The molecule has 0 radical (unpaired) electrons. The molecule has 0 saturated carbocycles. The van der Waals surface area contributed by atoms with Crippen molar-refractivity contribution in [1.29, 1.82) is 0 Å². The molecule has 3 nitrogen and oxygen atoms in total. The Morgan fingerprint density at radius 3 is 2.72 bits per heavy atom. The van der Waals surface area contributed by atoms with Crippen LogP contribution in [0.2, 0.25) is 0 Å². The average molecular weight is 313 g/mol. The Morgan fingerprint density at radius 1 is 1.33 bits per heavy atom. The summed E-state index contributed by atoms with van der Waals surface area (Å²) in [5.74, 6) is 0.545. The number of Topliss-reactive ketones (excluding diaryl/α,β-unsaturated/α-hetero) is 1. The SMILES string of the molecule is COc1cc(C=O)ccc1C(=O)CCCCCBr. The summed E-state index contributed by atoms with van der Waals surface area (Å²) in [6.07, 6.45) is 4.25. The van der Waals surface area contributed by atoms with Crippen LogP contribution in [0.4, 0.5) is 0 Å². The Kier molecular flexibility index (Phi) is 6.65. The zero-order valence-corrected chi connectivity index (χ0v) is 12.0. The summed E-state index contributed by atoms with van der Waals surface area (Å²) in [7, 11) is 1.51. The van der Waals surface area contributed by atoms with Crippen molar-refractivity contribution < 1.29 is 14.3 Å². The van der Waals surface area contributed by atoms with Gasteiger partial charge in [0.15, 0.2) is 5.78 Å². The Morgan fingerprint density at radius 2 is 2.11 bits per heavy atom. The molecule has 4 heteroatoms. The molecular weight excluding hydrogens is 296 g/mol. The number of hydrogen-bond donors (Lipinski definition) is 0. The van der Waals surface area contributed by atoms with Crippen LogP contribution in [0, 0.1) is 0 Å². The Bertz CT molecular complexity index is 416. The molecule has 98 valence electrons. The molecule has 1 rings (SSSR count). The third-order valence-corrected chi connectivity index (χ3v) is 3.26. The molecular formula is C14H17BrO3. The molecule has 0 unspecified atom stereocenters. The van der Waals surface area contributed by atoms with Crippen molar-refractivity contribution in [2.24, 2.45) is 0 Å². The van der Waals surface area contributed by atoms with Gasteiger partial charge in [0.25, 0.3) is 0 Å². The molecule has 0 saturated heterocycles. The van der Waals surface area contributed by atoms with E-state index in [0.717, 1.165) is 30.9 Å². The Hall–Kier alpha value is -1.16. The summed E-state index contributed by atoms with van der Waals surface area (Å²) in [6.45, 7) is 0. The van der Waals surface area contributed by atoms with E-state index in [4.69, 9.17) is 4.74 Å². The molecule has 0 fully saturated rings. The number of benzene rings is 1. The monoisotopic (exact) mass is 312 g/mol. The minimum atomic E-state index is 0.0684. The largest absolute Gasteiger partial charge is 0.496 e. The summed E-state index contributed by atoms with van der Waals surface area (Å²) in [4.78, 5) is 22.7. The number of carbonyl (C=O) groups excluding carboxylic acids is 2. The van der Waals surface area contributed by atoms with Crippen molar-refractivity contribution in [2.45, 2.75) is 25.7 Å². The van der Waals surface area contributed by atoms with E-state index in [1.54, 1.807) is 18.2 Å². The first-order chi connectivity index (χ1) is 8.72. The molecule has 1 aromatic carbocycles. The van der Waals surface area contributed by atoms with Crippen LogP contribution in [0.15, 0.2) is 18.2 Å². The van der Waals surface area contributed by atoms with E-state index in [-0.39, 0.29) is 5.78 Å². The normalized spacial score (nSPS) is 10.1. The zero-order valence-electron chi connectivity index (χ0n) is 10.4. The van der Waals surface area contributed by atoms with Gasteiger partial charge < -0.3 is 4.74 Å². The van der Waals surface area contributed by atoms with Crippen LogP contribution in [0.1, 0.15) is 46.4 Å². The molecule has 0 spiro atoms. The number of hydrogen-bond acceptors (Lipinski definition) is 3. The van der Waals surface area contributed by atoms with E-state index < -0.39 is 0 Å². The summed E-state index contributed by atoms with van der Waals surface area (Å²) < 4.78 is 5.15. The third kappa shape index (κ3) is 4.26. The third-order valence-electron chi connectivity index (χ3n) is 2.70. The van der Waals surface area contributed by atoms with E-state index in [9.17, 15) is 9.59 Å². The number of rotatable bonds is 8. The van der Waals surface area contributed by atoms with Crippen LogP contribution in [-0.4, -0.2) is 24.5 Å². The van der Waals surface area contributed by atoms with Gasteiger partial charge in [-0.05, 0) is 25.0 Å². The van der Waals surface area contributed by atoms with E-state index >= 15 is 0 Å². The van der Waals surface area contributed by atoms with Gasteiger partial charge >= 0.3 is 0 Å². The van der Waals surface area contributed by atoms with E-state index in [1.165, 1.54) is 7.11 Å². The van der Waals surface area contributed by atoms with Gasteiger partial charge in [0.2, 0.25) is 0 Å². The molecule has 0 N–H and O–H groups in total. The minimum Gasteiger partial charge on any atom is -0.496 e. The van der Waals surface area contributed by atoms with Crippen molar-refractivity contribution in [3.8, 4) is 5.75 Å². The smallest absolute Gasteiger partial charge is 0.166 e. The number of ketones is 1. The number of methoxy groups -OCH3 is 1. The van der Waals surface area contributed by atoms with Crippen molar-refractivity contribution in [3.63, 3.8) is 0 Å². The van der Waals surface area contributed by atoms with Crippen LogP contribution in [-0.2, 0) is 0 Å². The van der Waals surface area contributed by atoms with Crippen LogP contribution in [0.3, 0.4) is 0 Å². The molecule has 0 amide bonds. The first-order valence-corrected chi connectivity index (χ1v) is 7.07. The molecule has 1 aromatic rings. The van der Waals surface area contributed by atoms with Crippen LogP contribution >= 0.6 is 15.9 Å². The van der Waals surface area contributed by atoms with Gasteiger partial charge in [0.05, 0.1) is 12.7 Å². The second-order valence-corrected chi connectivity index (χ2v) is 4.79. The van der Waals surface area contributed by atoms with Gasteiger partial charge in [-0.2, -0.15) is 0 Å². The van der Waals surface area contributed by atoms with Gasteiger partial charge in [-0.15, -0.1) is 0 Å². The average Bonchev–Trinajstić information content (AvgIpc) is 2.42. The minimum absolute atomic E-state index is 0.0684. The highest BCUT2D eigenvalue weighted by molar-refractivity contribution is 9.09. The molecule has 0 aliphatic rings. The van der Waals surface area contributed by atoms with Crippen LogP contribution in [0.25, 0.3) is 0 Å². The second kappa shape index (κ2) is 8.03. The topological polar surface area (TPSA) is 43.4 Å². The molecule has 0 aliphatic carbocycles. The number of ether oxygens (including phenoxy) is 1. The van der Waals surface area contributed by atoms with Crippen molar-refractivity contribution in [3.05, 3.63) is 29.3 Å². The molecule has 0 bridgehead atoms. The molecule has 0 heterocycles. The summed E-state index contributed by atoms with van der Waals surface area (Å²) in [6, 6.07) is 4.90. The van der Waals surface area contributed by atoms with Crippen molar-refractivity contribution in [1.82, 2.24) is 0 Å². The lowest BCUT2D eigenvalue weighted by Crippen LogP contribution is -2.03. The first kappa shape index (κ1) is 14.9. The molecule has 0 atom stereocenters. The number of carbonyl (C=O) groups is 2. The quantitative estimate of drug-likeness (QED) is 0.318. The lowest BCUT2D eigenvalue weighted by Gasteiger charge is -2.08. The second-order valence-electron chi connectivity index (χ2n) is 4.00. The predicted molar refractivity (Wildman–Crippen MR) is 75.0 cm³/mol. The lowest BCUT2D eigenvalue weighted by atomic mass is 10.0. The van der Waals surface area contributed by atoms with E-state index in [0.29, 0.717) is 23.3 Å². The van der Waals surface area contributed by atoms with Crippen molar-refractivity contribution >= 4 is 28.0 Å². The fourth-order valence-electron chi connectivity index (χ4n) is 1.70. The highest BCUT2D eigenvalue weighted by atomic mass is 79.9. The Labute approximate surface area is 116 Å². The first-order valence-electron chi connectivity index (χ1n) is 5.95. The summed E-state index contributed by atoms with van der Waals surface area (Å²) >= 11 is 3.36. The highest BCUT2D eigenvalue weighted by Crippen LogP contribution is 2.22. The molecule has 18 heavy (non-hydrogen) atoms. The van der Waals surface area contributed by atoms with Crippen LogP contribution in [0.5, 0.6) is 5.75 Å². The number of alkyl halides is 1. The number of aldehydes is 1.